The van der Waals surface area contributed by atoms with E-state index in [2.05, 4.69) is 11.2 Å². The summed E-state index contributed by atoms with van der Waals surface area (Å²) in [7, 11) is -2.88. The predicted molar refractivity (Wildman–Crippen MR) is 87.0 cm³/mol. The highest BCUT2D eigenvalue weighted by Crippen LogP contribution is 2.36. The minimum atomic E-state index is -2.88. The van der Waals surface area contributed by atoms with Crippen LogP contribution in [-0.2, 0) is 9.84 Å². The van der Waals surface area contributed by atoms with Gasteiger partial charge in [-0.1, -0.05) is 6.42 Å². The van der Waals surface area contributed by atoms with Crippen molar-refractivity contribution in [3.05, 3.63) is 0 Å². The number of piperidine rings is 1. The van der Waals surface area contributed by atoms with Crippen molar-refractivity contribution in [3.63, 3.8) is 0 Å². The molecule has 2 atom stereocenters. The van der Waals surface area contributed by atoms with Gasteiger partial charge in [0.1, 0.15) is 9.84 Å². The van der Waals surface area contributed by atoms with Crippen LogP contribution in [0.3, 0.4) is 0 Å². The molecule has 6 heteroatoms. The first kappa shape index (κ1) is 16.6. The molecule has 0 spiro atoms. The summed E-state index contributed by atoms with van der Waals surface area (Å²) < 4.78 is 23.8. The Labute approximate surface area is 127 Å². The summed E-state index contributed by atoms with van der Waals surface area (Å²) in [5.41, 5.74) is 5.93. The van der Waals surface area contributed by atoms with Gasteiger partial charge in [-0.05, 0) is 51.4 Å². The summed E-state index contributed by atoms with van der Waals surface area (Å²) in [6.45, 7) is 2.89. The summed E-state index contributed by atoms with van der Waals surface area (Å²) in [6.07, 6.45) is 9.68. The summed E-state index contributed by atoms with van der Waals surface area (Å²) in [6, 6.07) is 0.459. The van der Waals surface area contributed by atoms with E-state index < -0.39 is 9.84 Å². The molecule has 2 N–H and O–H groups in total. The van der Waals surface area contributed by atoms with Crippen molar-refractivity contribution in [1.29, 1.82) is 0 Å². The Kier molecular flexibility index (Phi) is 5.43. The monoisotopic (exact) mass is 320 g/mol. The normalized spacial score (nSPS) is 32.1. The van der Waals surface area contributed by atoms with E-state index in [0.717, 1.165) is 58.2 Å². The largest absolute Gasteiger partial charge is 0.329 e. The van der Waals surface area contributed by atoms with Gasteiger partial charge in [0.15, 0.2) is 0 Å². The standard InChI is InChI=1S/C14H28N2O2S2/c1-19-14(11-15)6-8-16(9-7-14)12-4-3-5-13(10-12)20(2,17)18/h12-13H,3-11,15H2,1-2H3. The lowest BCUT2D eigenvalue weighted by atomic mass is 9.89. The third-order valence-corrected chi connectivity index (χ3v) is 8.31. The minimum Gasteiger partial charge on any atom is -0.329 e. The summed E-state index contributed by atoms with van der Waals surface area (Å²) >= 11 is 1.90. The second-order valence-corrected chi connectivity index (χ2v) is 10.00. The maximum Gasteiger partial charge on any atom is 0.150 e. The molecule has 0 bridgehead atoms. The highest BCUT2D eigenvalue weighted by molar-refractivity contribution is 8.00. The van der Waals surface area contributed by atoms with Gasteiger partial charge in [-0.2, -0.15) is 11.8 Å². The smallest absolute Gasteiger partial charge is 0.150 e. The Morgan fingerprint density at radius 1 is 1.30 bits per heavy atom. The van der Waals surface area contributed by atoms with E-state index in [1.165, 1.54) is 6.26 Å². The summed E-state index contributed by atoms with van der Waals surface area (Å²) in [5.74, 6) is 0. The lowest BCUT2D eigenvalue weighted by Gasteiger charge is -2.45. The van der Waals surface area contributed by atoms with E-state index in [0.29, 0.717) is 6.04 Å². The molecule has 0 amide bonds. The lowest BCUT2D eigenvalue weighted by molar-refractivity contribution is 0.118. The Bertz CT molecular complexity index is 411. The van der Waals surface area contributed by atoms with Gasteiger partial charge >= 0.3 is 0 Å². The maximum absolute atomic E-state index is 11.8. The lowest BCUT2D eigenvalue weighted by Crippen LogP contribution is -2.51. The van der Waals surface area contributed by atoms with Crippen molar-refractivity contribution in [2.24, 2.45) is 5.73 Å². The summed E-state index contributed by atoms with van der Waals surface area (Å²) in [5, 5.41) is -0.122. The first-order valence-electron chi connectivity index (χ1n) is 7.58. The maximum atomic E-state index is 11.8. The SMILES string of the molecule is CSC1(CN)CCN(C2CCCC(S(C)(=O)=O)C2)CC1. The number of hydrogen-bond acceptors (Lipinski definition) is 5. The van der Waals surface area contributed by atoms with Gasteiger partial charge in [0, 0.05) is 23.6 Å². The van der Waals surface area contributed by atoms with Crippen LogP contribution in [0, 0.1) is 0 Å². The fraction of sp³-hybridized carbons (Fsp3) is 1.00. The number of rotatable bonds is 4. The second-order valence-electron chi connectivity index (χ2n) is 6.40. The zero-order valence-corrected chi connectivity index (χ0v) is 14.3. The number of likely N-dealkylation sites (tertiary alicyclic amines) is 1. The molecule has 1 aliphatic carbocycles. The van der Waals surface area contributed by atoms with Crippen LogP contribution in [0.4, 0.5) is 0 Å². The van der Waals surface area contributed by atoms with Crippen LogP contribution in [0.1, 0.15) is 38.5 Å². The van der Waals surface area contributed by atoms with Crippen molar-refractivity contribution in [2.45, 2.75) is 54.6 Å². The van der Waals surface area contributed by atoms with E-state index in [1.807, 2.05) is 11.8 Å². The van der Waals surface area contributed by atoms with E-state index in [1.54, 1.807) is 0 Å². The molecular formula is C14H28N2O2S2. The van der Waals surface area contributed by atoms with E-state index >= 15 is 0 Å². The summed E-state index contributed by atoms with van der Waals surface area (Å²) in [4.78, 5) is 2.52. The minimum absolute atomic E-state index is 0.122. The van der Waals surface area contributed by atoms with Crippen LogP contribution < -0.4 is 5.73 Å². The number of nitrogens with two attached hydrogens (primary N) is 1. The zero-order valence-electron chi connectivity index (χ0n) is 12.7. The number of hydrogen-bond donors (Lipinski definition) is 1. The molecule has 0 aromatic carbocycles. The third-order valence-electron chi connectivity index (χ3n) is 5.23. The molecule has 2 rings (SSSR count). The molecular weight excluding hydrogens is 292 g/mol. The van der Waals surface area contributed by atoms with Gasteiger partial charge in [0.05, 0.1) is 5.25 Å². The van der Waals surface area contributed by atoms with Crippen molar-refractivity contribution in [3.8, 4) is 0 Å². The first-order chi connectivity index (χ1) is 9.40. The molecule has 118 valence electrons. The molecule has 1 aliphatic heterocycles. The van der Waals surface area contributed by atoms with Gasteiger partial charge in [-0.15, -0.1) is 0 Å². The first-order valence-corrected chi connectivity index (χ1v) is 10.8. The van der Waals surface area contributed by atoms with Crippen LogP contribution in [0.25, 0.3) is 0 Å². The second kappa shape index (κ2) is 6.55. The molecule has 0 aromatic rings. The Balaban J connectivity index is 1.94. The average Bonchev–Trinajstić information content (AvgIpc) is 2.47. The fourth-order valence-electron chi connectivity index (χ4n) is 3.63. The number of nitrogens with zero attached hydrogens (tertiary/aromatic N) is 1. The zero-order chi connectivity index (χ0) is 14.8. The van der Waals surface area contributed by atoms with Crippen molar-refractivity contribution in [2.75, 3.05) is 32.1 Å². The third kappa shape index (κ3) is 3.70. The van der Waals surface area contributed by atoms with Crippen molar-refractivity contribution in [1.82, 2.24) is 4.90 Å². The molecule has 20 heavy (non-hydrogen) atoms. The Morgan fingerprint density at radius 3 is 2.45 bits per heavy atom. The average molecular weight is 321 g/mol. The highest BCUT2D eigenvalue weighted by atomic mass is 32.2. The highest BCUT2D eigenvalue weighted by Gasteiger charge is 2.37. The molecule has 1 heterocycles. The molecule has 4 nitrogen and oxygen atoms in total. The van der Waals surface area contributed by atoms with Crippen molar-refractivity contribution < 1.29 is 8.42 Å². The molecule has 2 fully saturated rings. The fourth-order valence-corrected chi connectivity index (χ4v) is 5.55. The molecule has 2 unspecified atom stereocenters. The van der Waals surface area contributed by atoms with E-state index in [-0.39, 0.29) is 10.00 Å². The van der Waals surface area contributed by atoms with Crippen LogP contribution in [0.15, 0.2) is 0 Å². The molecule has 2 aliphatic rings. The van der Waals surface area contributed by atoms with Crippen LogP contribution in [0.5, 0.6) is 0 Å². The van der Waals surface area contributed by atoms with E-state index in [4.69, 9.17) is 5.73 Å². The number of thioether (sulfide) groups is 1. The Hall–Kier alpha value is 0.220. The predicted octanol–water partition coefficient (Wildman–Crippen LogP) is 1.50. The quantitative estimate of drug-likeness (QED) is 0.850. The van der Waals surface area contributed by atoms with Gasteiger partial charge in [0.25, 0.3) is 0 Å². The van der Waals surface area contributed by atoms with E-state index in [9.17, 15) is 8.42 Å². The molecule has 0 radical (unpaired) electrons. The van der Waals surface area contributed by atoms with Crippen LogP contribution in [0.2, 0.25) is 0 Å². The molecule has 1 saturated heterocycles. The number of sulfone groups is 1. The topological polar surface area (TPSA) is 63.4 Å². The molecule has 1 saturated carbocycles. The van der Waals surface area contributed by atoms with Gasteiger partial charge in [0.2, 0.25) is 0 Å². The van der Waals surface area contributed by atoms with Gasteiger partial charge in [-0.25, -0.2) is 8.42 Å². The van der Waals surface area contributed by atoms with Crippen molar-refractivity contribution >= 4 is 21.6 Å². The van der Waals surface area contributed by atoms with Gasteiger partial charge in [-0.3, -0.25) is 0 Å². The van der Waals surface area contributed by atoms with Crippen LogP contribution in [-0.4, -0.2) is 61.5 Å². The van der Waals surface area contributed by atoms with Gasteiger partial charge < -0.3 is 10.6 Å². The Morgan fingerprint density at radius 2 is 1.95 bits per heavy atom. The van der Waals surface area contributed by atoms with Crippen LogP contribution >= 0.6 is 11.8 Å². The molecule has 0 aromatic heterocycles.